The average Bonchev–Trinajstić information content (AvgIpc) is 2.58. The monoisotopic (exact) mass is 329 g/mol. The SMILES string of the molecule is Cc1cccc(C(=O)N(C)/N=C/c2ccc(C(=O)NO)cc2F)c1. The second kappa shape index (κ2) is 7.47. The van der Waals surface area contributed by atoms with Crippen LogP contribution < -0.4 is 5.48 Å². The molecule has 0 spiro atoms. The largest absolute Gasteiger partial charge is 0.288 e. The van der Waals surface area contributed by atoms with Gasteiger partial charge in [-0.15, -0.1) is 0 Å². The molecule has 0 unspecified atom stereocenters. The fourth-order valence-electron chi connectivity index (χ4n) is 2.00. The van der Waals surface area contributed by atoms with Crippen LogP contribution in [0, 0.1) is 12.7 Å². The summed E-state index contributed by atoms with van der Waals surface area (Å²) in [6, 6.07) is 10.7. The predicted octanol–water partition coefficient (Wildman–Crippen LogP) is 2.36. The van der Waals surface area contributed by atoms with Crippen LogP contribution in [0.2, 0.25) is 0 Å². The Hall–Kier alpha value is -3.06. The molecule has 0 aliphatic rings. The van der Waals surface area contributed by atoms with Gasteiger partial charge in [0.05, 0.1) is 6.21 Å². The number of carbonyl (C=O) groups is 2. The van der Waals surface area contributed by atoms with E-state index in [-0.39, 0.29) is 17.0 Å². The minimum absolute atomic E-state index is 0.0312. The van der Waals surface area contributed by atoms with Crippen LogP contribution >= 0.6 is 0 Å². The van der Waals surface area contributed by atoms with Gasteiger partial charge in [0.25, 0.3) is 11.8 Å². The van der Waals surface area contributed by atoms with Crippen molar-refractivity contribution >= 4 is 18.0 Å². The summed E-state index contributed by atoms with van der Waals surface area (Å²) in [5.74, 6) is -1.84. The van der Waals surface area contributed by atoms with Crippen LogP contribution in [-0.4, -0.2) is 35.3 Å². The highest BCUT2D eigenvalue weighted by molar-refractivity contribution is 5.96. The number of hydroxylamine groups is 1. The second-order valence-electron chi connectivity index (χ2n) is 5.12. The minimum atomic E-state index is -0.816. The molecular weight excluding hydrogens is 313 g/mol. The first-order valence-corrected chi connectivity index (χ1v) is 7.05. The smallest absolute Gasteiger partial charge is 0.274 e. The molecule has 2 N–H and O–H groups in total. The van der Waals surface area contributed by atoms with E-state index in [0.717, 1.165) is 16.6 Å². The molecule has 24 heavy (non-hydrogen) atoms. The van der Waals surface area contributed by atoms with E-state index in [1.165, 1.54) is 30.9 Å². The van der Waals surface area contributed by atoms with Gasteiger partial charge in [-0.25, -0.2) is 14.9 Å². The van der Waals surface area contributed by atoms with Gasteiger partial charge in [0, 0.05) is 23.7 Å². The highest BCUT2D eigenvalue weighted by Crippen LogP contribution is 2.10. The molecule has 0 fully saturated rings. The van der Waals surface area contributed by atoms with Crippen molar-refractivity contribution < 1.29 is 19.2 Å². The van der Waals surface area contributed by atoms with Gasteiger partial charge in [0.15, 0.2) is 0 Å². The Balaban J connectivity index is 2.15. The molecule has 0 aliphatic heterocycles. The van der Waals surface area contributed by atoms with Gasteiger partial charge in [0.2, 0.25) is 0 Å². The molecule has 0 saturated carbocycles. The zero-order valence-corrected chi connectivity index (χ0v) is 13.2. The Bertz CT molecular complexity index is 805. The van der Waals surface area contributed by atoms with Crippen molar-refractivity contribution in [2.45, 2.75) is 6.92 Å². The van der Waals surface area contributed by atoms with E-state index in [2.05, 4.69) is 5.10 Å². The zero-order valence-electron chi connectivity index (χ0n) is 13.2. The van der Waals surface area contributed by atoms with E-state index in [0.29, 0.717) is 5.56 Å². The second-order valence-corrected chi connectivity index (χ2v) is 5.12. The number of carbonyl (C=O) groups excluding carboxylic acids is 2. The number of hydrogen-bond acceptors (Lipinski definition) is 4. The third-order valence-corrected chi connectivity index (χ3v) is 3.29. The molecule has 124 valence electrons. The molecule has 0 aromatic heterocycles. The molecule has 0 saturated heterocycles. The molecule has 2 aromatic carbocycles. The first-order chi connectivity index (χ1) is 11.4. The molecule has 0 radical (unpaired) electrons. The summed E-state index contributed by atoms with van der Waals surface area (Å²) in [6.45, 7) is 1.87. The first-order valence-electron chi connectivity index (χ1n) is 7.05. The summed E-state index contributed by atoms with van der Waals surface area (Å²) in [5, 5.41) is 13.5. The summed E-state index contributed by atoms with van der Waals surface area (Å²) in [5.41, 5.74) is 2.92. The van der Waals surface area contributed by atoms with Crippen molar-refractivity contribution in [3.63, 3.8) is 0 Å². The summed E-state index contributed by atoms with van der Waals surface area (Å²) < 4.78 is 13.9. The number of hydrazone groups is 1. The van der Waals surface area contributed by atoms with Gasteiger partial charge in [0.1, 0.15) is 5.82 Å². The maximum absolute atomic E-state index is 13.9. The van der Waals surface area contributed by atoms with Gasteiger partial charge in [-0.1, -0.05) is 17.7 Å². The van der Waals surface area contributed by atoms with Crippen LogP contribution in [-0.2, 0) is 0 Å². The number of nitrogens with one attached hydrogen (secondary N) is 1. The number of aryl methyl sites for hydroxylation is 1. The van der Waals surface area contributed by atoms with E-state index in [1.807, 2.05) is 13.0 Å². The summed E-state index contributed by atoms with van der Waals surface area (Å²) in [4.78, 5) is 23.4. The Morgan fingerprint density at radius 1 is 1.21 bits per heavy atom. The van der Waals surface area contributed by atoms with E-state index < -0.39 is 11.7 Å². The maximum atomic E-state index is 13.9. The third-order valence-electron chi connectivity index (χ3n) is 3.29. The van der Waals surface area contributed by atoms with Gasteiger partial charge in [-0.3, -0.25) is 14.8 Å². The minimum Gasteiger partial charge on any atom is -0.288 e. The molecule has 0 heterocycles. The fourth-order valence-corrected chi connectivity index (χ4v) is 2.00. The van der Waals surface area contributed by atoms with Crippen LogP contribution in [0.4, 0.5) is 4.39 Å². The van der Waals surface area contributed by atoms with E-state index in [4.69, 9.17) is 5.21 Å². The number of rotatable bonds is 4. The molecule has 0 aliphatic carbocycles. The summed E-state index contributed by atoms with van der Waals surface area (Å²) in [6.07, 6.45) is 1.18. The van der Waals surface area contributed by atoms with Crippen molar-refractivity contribution in [2.75, 3.05) is 7.05 Å². The van der Waals surface area contributed by atoms with Gasteiger partial charge in [-0.05, 0) is 37.3 Å². The lowest BCUT2D eigenvalue weighted by atomic mass is 10.1. The van der Waals surface area contributed by atoms with Crippen molar-refractivity contribution in [2.24, 2.45) is 5.10 Å². The lowest BCUT2D eigenvalue weighted by Gasteiger charge is -2.11. The number of benzene rings is 2. The third kappa shape index (κ3) is 4.02. The van der Waals surface area contributed by atoms with Crippen LogP contribution in [0.15, 0.2) is 47.6 Å². The number of amides is 2. The Kier molecular flexibility index (Phi) is 5.39. The standard InChI is InChI=1S/C17H16FN3O3/c1-11-4-3-5-13(8-11)17(23)21(2)19-10-14-7-6-12(9-15(14)18)16(22)20-24/h3-10,24H,1-2H3,(H,20,22)/b19-10+. The van der Waals surface area contributed by atoms with Crippen LogP contribution in [0.25, 0.3) is 0 Å². The number of halogens is 1. The van der Waals surface area contributed by atoms with E-state index in [1.54, 1.807) is 18.2 Å². The molecule has 2 aromatic rings. The lowest BCUT2D eigenvalue weighted by molar-refractivity contribution is 0.0705. The maximum Gasteiger partial charge on any atom is 0.274 e. The van der Waals surface area contributed by atoms with E-state index in [9.17, 15) is 14.0 Å². The number of hydrogen-bond donors (Lipinski definition) is 2. The zero-order chi connectivity index (χ0) is 17.7. The van der Waals surface area contributed by atoms with Crippen LogP contribution in [0.1, 0.15) is 31.8 Å². The van der Waals surface area contributed by atoms with Crippen molar-refractivity contribution in [1.82, 2.24) is 10.5 Å². The molecule has 0 atom stereocenters. The van der Waals surface area contributed by atoms with Gasteiger partial charge >= 0.3 is 0 Å². The summed E-state index contributed by atoms with van der Waals surface area (Å²) >= 11 is 0. The Morgan fingerprint density at radius 2 is 1.96 bits per heavy atom. The van der Waals surface area contributed by atoms with Crippen molar-refractivity contribution in [1.29, 1.82) is 0 Å². The first kappa shape index (κ1) is 17.3. The lowest BCUT2D eigenvalue weighted by Crippen LogP contribution is -2.21. The topological polar surface area (TPSA) is 82.0 Å². The number of nitrogens with zero attached hydrogens (tertiary/aromatic N) is 2. The Morgan fingerprint density at radius 3 is 2.58 bits per heavy atom. The van der Waals surface area contributed by atoms with Crippen LogP contribution in [0.3, 0.4) is 0 Å². The molecule has 2 rings (SSSR count). The molecular formula is C17H16FN3O3. The highest BCUT2D eigenvalue weighted by atomic mass is 19.1. The highest BCUT2D eigenvalue weighted by Gasteiger charge is 2.11. The van der Waals surface area contributed by atoms with Gasteiger partial charge < -0.3 is 0 Å². The normalized spacial score (nSPS) is 10.7. The average molecular weight is 329 g/mol. The quantitative estimate of drug-likeness (QED) is 0.513. The molecule has 0 bridgehead atoms. The van der Waals surface area contributed by atoms with Crippen molar-refractivity contribution in [3.8, 4) is 0 Å². The van der Waals surface area contributed by atoms with E-state index >= 15 is 0 Å². The van der Waals surface area contributed by atoms with Crippen molar-refractivity contribution in [3.05, 3.63) is 70.5 Å². The predicted molar refractivity (Wildman–Crippen MR) is 86.5 cm³/mol. The van der Waals surface area contributed by atoms with Crippen LogP contribution in [0.5, 0.6) is 0 Å². The van der Waals surface area contributed by atoms with Gasteiger partial charge in [-0.2, -0.15) is 5.10 Å². The fraction of sp³-hybridized carbons (Fsp3) is 0.118. The molecule has 7 heteroatoms. The Labute approximate surface area is 138 Å². The molecule has 6 nitrogen and oxygen atoms in total. The molecule has 2 amide bonds. The summed E-state index contributed by atoms with van der Waals surface area (Å²) in [7, 11) is 1.46.